The van der Waals surface area contributed by atoms with Crippen molar-refractivity contribution in [1.82, 2.24) is 20.0 Å². The SMILES string of the molecule is NNC(=O)CSc1nnc2ccc(C(F)(F)F)cn12. The van der Waals surface area contributed by atoms with Crippen LogP contribution in [0.3, 0.4) is 0 Å². The maximum absolute atomic E-state index is 12.6. The Labute approximate surface area is 109 Å². The third-order valence-electron chi connectivity index (χ3n) is 2.19. The fraction of sp³-hybridized carbons (Fsp3) is 0.222. The number of thioether (sulfide) groups is 1. The van der Waals surface area contributed by atoms with E-state index >= 15 is 0 Å². The van der Waals surface area contributed by atoms with Crippen LogP contribution in [0.5, 0.6) is 0 Å². The molecule has 0 fully saturated rings. The van der Waals surface area contributed by atoms with Crippen molar-refractivity contribution in [3.05, 3.63) is 23.9 Å². The van der Waals surface area contributed by atoms with Gasteiger partial charge in [0.1, 0.15) is 0 Å². The van der Waals surface area contributed by atoms with Crippen molar-refractivity contribution >= 4 is 23.3 Å². The zero-order valence-electron chi connectivity index (χ0n) is 9.31. The number of nitrogens with zero attached hydrogens (tertiary/aromatic N) is 3. The largest absolute Gasteiger partial charge is 0.417 e. The summed E-state index contributed by atoms with van der Waals surface area (Å²) >= 11 is 0.939. The molecule has 3 N–H and O–H groups in total. The average Bonchev–Trinajstić information content (AvgIpc) is 2.77. The lowest BCUT2D eigenvalue weighted by atomic mass is 10.3. The minimum Gasteiger partial charge on any atom is -0.294 e. The van der Waals surface area contributed by atoms with E-state index in [9.17, 15) is 18.0 Å². The van der Waals surface area contributed by atoms with Crippen molar-refractivity contribution in [3.63, 3.8) is 0 Å². The number of fused-ring (bicyclic) bond motifs is 1. The van der Waals surface area contributed by atoms with E-state index in [0.29, 0.717) is 0 Å². The van der Waals surface area contributed by atoms with E-state index in [4.69, 9.17) is 5.84 Å². The van der Waals surface area contributed by atoms with Crippen LogP contribution in [0.4, 0.5) is 13.2 Å². The highest BCUT2D eigenvalue weighted by Gasteiger charge is 2.31. The van der Waals surface area contributed by atoms with Crippen molar-refractivity contribution in [2.75, 3.05) is 5.75 Å². The standard InChI is InChI=1S/C9H8F3N5OS/c10-9(11,12)5-1-2-6-15-16-8(17(6)3-5)19-4-7(18)14-13/h1-3H,4,13H2,(H,14,18). The molecular weight excluding hydrogens is 283 g/mol. The highest BCUT2D eigenvalue weighted by atomic mass is 32.2. The zero-order chi connectivity index (χ0) is 14.0. The Morgan fingerprint density at radius 3 is 2.79 bits per heavy atom. The summed E-state index contributed by atoms with van der Waals surface area (Å²) in [4.78, 5) is 11.0. The molecule has 2 aromatic rings. The number of hydrogen-bond acceptors (Lipinski definition) is 5. The van der Waals surface area contributed by atoms with Crippen LogP contribution in [0, 0.1) is 0 Å². The first-order chi connectivity index (χ1) is 8.91. The minimum atomic E-state index is -4.45. The number of halogens is 3. The summed E-state index contributed by atoms with van der Waals surface area (Å²) in [5, 5.41) is 7.60. The number of rotatable bonds is 3. The molecule has 0 atom stereocenters. The molecule has 0 aliphatic carbocycles. The lowest BCUT2D eigenvalue weighted by molar-refractivity contribution is -0.137. The molecule has 0 saturated heterocycles. The van der Waals surface area contributed by atoms with Gasteiger partial charge in [0.05, 0.1) is 11.3 Å². The summed E-state index contributed by atoms with van der Waals surface area (Å²) < 4.78 is 38.9. The van der Waals surface area contributed by atoms with Crippen LogP contribution in [0.1, 0.15) is 5.56 Å². The van der Waals surface area contributed by atoms with E-state index in [1.54, 1.807) is 0 Å². The molecule has 10 heteroatoms. The number of nitrogens with one attached hydrogen (secondary N) is 1. The molecule has 2 aromatic heterocycles. The Morgan fingerprint density at radius 2 is 2.16 bits per heavy atom. The number of carbonyl (C=O) groups is 1. The van der Waals surface area contributed by atoms with Gasteiger partial charge in [-0.1, -0.05) is 11.8 Å². The van der Waals surface area contributed by atoms with Crippen LogP contribution in [-0.2, 0) is 11.0 Å². The molecule has 0 saturated carbocycles. The number of aromatic nitrogens is 3. The summed E-state index contributed by atoms with van der Waals surface area (Å²) in [6.45, 7) is 0. The molecule has 1 amide bonds. The highest BCUT2D eigenvalue weighted by Crippen LogP contribution is 2.30. The predicted octanol–water partition coefficient (Wildman–Crippen LogP) is 0.830. The number of amides is 1. The van der Waals surface area contributed by atoms with E-state index in [0.717, 1.165) is 24.0 Å². The molecule has 0 unspecified atom stereocenters. The van der Waals surface area contributed by atoms with Crippen molar-refractivity contribution in [2.24, 2.45) is 5.84 Å². The topological polar surface area (TPSA) is 85.3 Å². The van der Waals surface area contributed by atoms with Crippen LogP contribution in [0.2, 0.25) is 0 Å². The first-order valence-corrected chi connectivity index (χ1v) is 5.94. The number of hydrazine groups is 1. The molecule has 0 aliphatic heterocycles. The van der Waals surface area contributed by atoms with E-state index in [-0.39, 0.29) is 16.6 Å². The lowest BCUT2D eigenvalue weighted by Gasteiger charge is -2.07. The number of nitrogens with two attached hydrogens (primary N) is 1. The predicted molar refractivity (Wildman–Crippen MR) is 61.0 cm³/mol. The van der Waals surface area contributed by atoms with Gasteiger partial charge < -0.3 is 0 Å². The quantitative estimate of drug-likeness (QED) is 0.379. The van der Waals surface area contributed by atoms with E-state index < -0.39 is 17.6 Å². The molecule has 102 valence electrons. The number of pyridine rings is 1. The Hall–Kier alpha value is -1.81. The van der Waals surface area contributed by atoms with E-state index in [1.165, 1.54) is 10.5 Å². The number of carbonyl (C=O) groups excluding carboxylic acids is 1. The van der Waals surface area contributed by atoms with Gasteiger partial charge in [-0.3, -0.25) is 14.6 Å². The molecular formula is C9H8F3N5OS. The van der Waals surface area contributed by atoms with Gasteiger partial charge in [0.25, 0.3) is 0 Å². The van der Waals surface area contributed by atoms with Crippen molar-refractivity contribution in [1.29, 1.82) is 0 Å². The molecule has 19 heavy (non-hydrogen) atoms. The first kappa shape index (κ1) is 13.6. The van der Waals surface area contributed by atoms with Gasteiger partial charge in [-0.15, -0.1) is 10.2 Å². The molecule has 0 spiro atoms. The van der Waals surface area contributed by atoms with Gasteiger partial charge >= 0.3 is 6.18 Å². The fourth-order valence-corrected chi connectivity index (χ4v) is 2.04. The van der Waals surface area contributed by atoms with Crippen molar-refractivity contribution < 1.29 is 18.0 Å². The Morgan fingerprint density at radius 1 is 1.42 bits per heavy atom. The molecule has 0 aliphatic rings. The van der Waals surface area contributed by atoms with E-state index in [1.807, 2.05) is 5.43 Å². The van der Waals surface area contributed by atoms with Crippen LogP contribution in [-0.4, -0.2) is 26.3 Å². The van der Waals surface area contributed by atoms with Gasteiger partial charge in [0.2, 0.25) is 5.91 Å². The van der Waals surface area contributed by atoms with Crippen molar-refractivity contribution in [3.8, 4) is 0 Å². The maximum atomic E-state index is 12.6. The van der Waals surface area contributed by atoms with Gasteiger partial charge in [-0.2, -0.15) is 13.2 Å². The summed E-state index contributed by atoms with van der Waals surface area (Å²) in [7, 11) is 0. The number of hydrogen-bond donors (Lipinski definition) is 2. The van der Waals surface area contributed by atoms with Crippen molar-refractivity contribution in [2.45, 2.75) is 11.3 Å². The third-order valence-corrected chi connectivity index (χ3v) is 3.13. The van der Waals surface area contributed by atoms with Crippen LogP contribution in [0.15, 0.2) is 23.5 Å². The second-order valence-electron chi connectivity index (χ2n) is 3.48. The Bertz CT molecular complexity index is 611. The van der Waals surface area contributed by atoms with Crippen LogP contribution >= 0.6 is 11.8 Å². The molecule has 2 heterocycles. The normalized spacial score (nSPS) is 11.8. The lowest BCUT2D eigenvalue weighted by Crippen LogP contribution is -2.31. The highest BCUT2D eigenvalue weighted by molar-refractivity contribution is 7.99. The Balaban J connectivity index is 2.32. The second kappa shape index (κ2) is 5.05. The minimum absolute atomic E-state index is 0.0620. The second-order valence-corrected chi connectivity index (χ2v) is 4.42. The number of alkyl halides is 3. The molecule has 2 rings (SSSR count). The van der Waals surface area contributed by atoms with Gasteiger partial charge in [-0.05, 0) is 12.1 Å². The molecule has 6 nitrogen and oxygen atoms in total. The summed E-state index contributed by atoms with van der Waals surface area (Å²) in [5.41, 5.74) is 1.37. The van der Waals surface area contributed by atoms with Gasteiger partial charge in [0, 0.05) is 6.20 Å². The monoisotopic (exact) mass is 291 g/mol. The Kier molecular flexibility index (Phi) is 3.62. The average molecular weight is 291 g/mol. The summed E-state index contributed by atoms with van der Waals surface area (Å²) in [5.74, 6) is 4.37. The molecule has 0 radical (unpaired) electrons. The molecule has 0 aromatic carbocycles. The van der Waals surface area contributed by atoms with Gasteiger partial charge in [-0.25, -0.2) is 5.84 Å². The summed E-state index contributed by atoms with van der Waals surface area (Å²) in [6.07, 6.45) is -3.56. The third kappa shape index (κ3) is 2.96. The maximum Gasteiger partial charge on any atom is 0.417 e. The van der Waals surface area contributed by atoms with Crippen LogP contribution < -0.4 is 11.3 Å². The van der Waals surface area contributed by atoms with E-state index in [2.05, 4.69) is 10.2 Å². The molecule has 0 bridgehead atoms. The zero-order valence-corrected chi connectivity index (χ0v) is 10.1. The van der Waals surface area contributed by atoms with Crippen LogP contribution in [0.25, 0.3) is 5.65 Å². The first-order valence-electron chi connectivity index (χ1n) is 4.96. The smallest absolute Gasteiger partial charge is 0.294 e. The summed E-state index contributed by atoms with van der Waals surface area (Å²) in [6, 6.07) is 2.13. The van der Waals surface area contributed by atoms with Gasteiger partial charge in [0.15, 0.2) is 10.8 Å². The fourth-order valence-electron chi connectivity index (χ4n) is 1.31.